The number of rotatable bonds is 4. The van der Waals surface area contributed by atoms with Crippen LogP contribution < -0.4 is 5.32 Å². The number of aromatic nitrogens is 2. The molecule has 5 nitrogen and oxygen atoms in total. The molecule has 0 spiro atoms. The van der Waals surface area contributed by atoms with Crippen molar-refractivity contribution in [2.45, 2.75) is 0 Å². The van der Waals surface area contributed by atoms with Crippen molar-refractivity contribution in [3.8, 4) is 22.2 Å². The van der Waals surface area contributed by atoms with Gasteiger partial charge >= 0.3 is 0 Å². The van der Waals surface area contributed by atoms with Crippen LogP contribution >= 0.6 is 22.9 Å². The molecule has 140 valence electrons. The normalized spacial score (nSPS) is 10.8. The van der Waals surface area contributed by atoms with Gasteiger partial charge in [0.05, 0.1) is 11.3 Å². The van der Waals surface area contributed by atoms with Crippen molar-refractivity contribution < 1.29 is 18.1 Å². The van der Waals surface area contributed by atoms with E-state index in [0.29, 0.717) is 27.0 Å². The highest BCUT2D eigenvalue weighted by molar-refractivity contribution is 7.14. The van der Waals surface area contributed by atoms with Crippen LogP contribution in [0.1, 0.15) is 10.4 Å². The summed E-state index contributed by atoms with van der Waals surface area (Å²) in [6.45, 7) is 0. The van der Waals surface area contributed by atoms with Crippen LogP contribution in [0.2, 0.25) is 5.02 Å². The van der Waals surface area contributed by atoms with E-state index >= 15 is 0 Å². The molecule has 4 rings (SSSR count). The second kappa shape index (κ2) is 7.49. The predicted molar refractivity (Wildman–Crippen MR) is 102 cm³/mol. The average molecular weight is 418 g/mol. The predicted octanol–water partition coefficient (Wildman–Crippen LogP) is 5.65. The third kappa shape index (κ3) is 3.64. The first kappa shape index (κ1) is 18.3. The lowest BCUT2D eigenvalue weighted by molar-refractivity contribution is 0.102. The number of thiophene rings is 1. The fourth-order valence-electron chi connectivity index (χ4n) is 2.47. The van der Waals surface area contributed by atoms with E-state index in [-0.39, 0.29) is 5.89 Å². The van der Waals surface area contributed by atoms with Crippen molar-refractivity contribution >= 4 is 34.5 Å². The van der Waals surface area contributed by atoms with E-state index in [2.05, 4.69) is 15.5 Å². The summed E-state index contributed by atoms with van der Waals surface area (Å²) in [5, 5.41) is 8.77. The van der Waals surface area contributed by atoms with Gasteiger partial charge < -0.3 is 9.84 Å². The molecule has 0 bridgehead atoms. The van der Waals surface area contributed by atoms with Crippen molar-refractivity contribution in [3.05, 3.63) is 76.1 Å². The molecule has 0 atom stereocenters. The summed E-state index contributed by atoms with van der Waals surface area (Å²) in [6, 6.07) is 11.2. The minimum absolute atomic E-state index is 0.190. The molecule has 0 aliphatic rings. The Kier molecular flexibility index (Phi) is 4.89. The van der Waals surface area contributed by atoms with Crippen molar-refractivity contribution in [2.75, 3.05) is 5.32 Å². The Bertz CT molecular complexity index is 1160. The summed E-state index contributed by atoms with van der Waals surface area (Å²) < 4.78 is 32.4. The van der Waals surface area contributed by atoms with Crippen LogP contribution in [0.3, 0.4) is 0 Å². The number of benzene rings is 2. The minimum atomic E-state index is -0.821. The number of carbonyl (C=O) groups is 1. The standard InChI is InChI=1S/C19H10ClF2N3O2S/c20-11-3-1-10(2-4-11)17-24-19(27-25-17)16-15(7-8-28-16)23-18(26)13-9-12(21)5-6-14(13)22/h1-9H,(H,23,26). The largest absolute Gasteiger partial charge is 0.333 e. The maximum atomic E-state index is 13.8. The topological polar surface area (TPSA) is 68.0 Å². The van der Waals surface area contributed by atoms with E-state index < -0.39 is 23.1 Å². The molecule has 0 fully saturated rings. The number of carbonyl (C=O) groups excluding carboxylic acids is 1. The lowest BCUT2D eigenvalue weighted by Gasteiger charge is -2.06. The van der Waals surface area contributed by atoms with E-state index in [1.807, 2.05) is 0 Å². The van der Waals surface area contributed by atoms with Gasteiger partial charge in [-0.25, -0.2) is 8.78 Å². The van der Waals surface area contributed by atoms with Crippen molar-refractivity contribution in [1.29, 1.82) is 0 Å². The van der Waals surface area contributed by atoms with E-state index in [4.69, 9.17) is 16.1 Å². The Labute approximate surface area is 166 Å². The Morgan fingerprint density at radius 2 is 1.89 bits per heavy atom. The Morgan fingerprint density at radius 1 is 1.11 bits per heavy atom. The lowest BCUT2D eigenvalue weighted by atomic mass is 10.2. The summed E-state index contributed by atoms with van der Waals surface area (Å²) in [5.74, 6) is -1.77. The molecule has 1 N–H and O–H groups in total. The maximum absolute atomic E-state index is 13.8. The van der Waals surface area contributed by atoms with Crippen LogP contribution in [-0.2, 0) is 0 Å². The fraction of sp³-hybridized carbons (Fsp3) is 0. The Hall–Kier alpha value is -3.10. The van der Waals surface area contributed by atoms with Crippen LogP contribution in [0.4, 0.5) is 14.5 Å². The number of anilines is 1. The number of nitrogens with one attached hydrogen (secondary N) is 1. The maximum Gasteiger partial charge on any atom is 0.270 e. The van der Waals surface area contributed by atoms with Gasteiger partial charge in [-0.05, 0) is 53.9 Å². The average Bonchev–Trinajstić information content (AvgIpc) is 3.33. The molecule has 0 unspecified atom stereocenters. The van der Waals surface area contributed by atoms with Gasteiger partial charge in [-0.1, -0.05) is 16.8 Å². The first-order valence-electron chi connectivity index (χ1n) is 7.95. The summed E-state index contributed by atoms with van der Waals surface area (Å²) in [5.41, 5.74) is 0.665. The second-order valence-corrected chi connectivity index (χ2v) is 7.02. The molecule has 9 heteroatoms. The highest BCUT2D eigenvalue weighted by Gasteiger charge is 2.19. The molecule has 2 aromatic heterocycles. The van der Waals surface area contributed by atoms with Crippen LogP contribution in [-0.4, -0.2) is 16.0 Å². The smallest absolute Gasteiger partial charge is 0.270 e. The lowest BCUT2D eigenvalue weighted by Crippen LogP contribution is -2.14. The first-order chi connectivity index (χ1) is 13.5. The number of hydrogen-bond acceptors (Lipinski definition) is 5. The van der Waals surface area contributed by atoms with Gasteiger partial charge in [0.2, 0.25) is 5.82 Å². The molecular formula is C19H10ClF2N3O2S. The quantitative estimate of drug-likeness (QED) is 0.466. The number of halogens is 3. The number of nitrogens with zero attached hydrogens (tertiary/aromatic N) is 2. The molecule has 28 heavy (non-hydrogen) atoms. The van der Waals surface area contributed by atoms with Gasteiger partial charge in [0.25, 0.3) is 11.8 Å². The molecule has 2 heterocycles. The van der Waals surface area contributed by atoms with Crippen molar-refractivity contribution in [3.63, 3.8) is 0 Å². The van der Waals surface area contributed by atoms with Crippen LogP contribution in [0, 0.1) is 11.6 Å². The molecular weight excluding hydrogens is 408 g/mol. The number of amides is 1. The summed E-state index contributed by atoms with van der Waals surface area (Å²) >= 11 is 7.13. The van der Waals surface area contributed by atoms with E-state index in [0.717, 1.165) is 18.2 Å². The molecule has 1 amide bonds. The van der Waals surface area contributed by atoms with E-state index in [1.165, 1.54) is 11.3 Å². The Balaban J connectivity index is 1.60. The molecule has 0 saturated carbocycles. The third-order valence-electron chi connectivity index (χ3n) is 3.81. The summed E-state index contributed by atoms with van der Waals surface area (Å²) in [7, 11) is 0. The van der Waals surface area contributed by atoms with E-state index in [1.54, 1.807) is 35.7 Å². The van der Waals surface area contributed by atoms with Crippen LogP contribution in [0.5, 0.6) is 0 Å². The SMILES string of the molecule is O=C(Nc1ccsc1-c1nc(-c2ccc(Cl)cc2)no1)c1cc(F)ccc1F. The summed E-state index contributed by atoms with van der Waals surface area (Å²) in [6.07, 6.45) is 0. The molecule has 0 aliphatic carbocycles. The van der Waals surface area contributed by atoms with Crippen LogP contribution in [0.25, 0.3) is 22.2 Å². The first-order valence-corrected chi connectivity index (χ1v) is 9.21. The second-order valence-electron chi connectivity index (χ2n) is 5.67. The molecule has 0 saturated heterocycles. The van der Waals surface area contributed by atoms with Gasteiger partial charge in [-0.3, -0.25) is 4.79 Å². The molecule has 0 radical (unpaired) electrons. The fourth-order valence-corrected chi connectivity index (χ4v) is 3.36. The van der Waals surface area contributed by atoms with Gasteiger partial charge in [0.15, 0.2) is 0 Å². The third-order valence-corrected chi connectivity index (χ3v) is 4.96. The highest BCUT2D eigenvalue weighted by atomic mass is 35.5. The van der Waals surface area contributed by atoms with Crippen molar-refractivity contribution in [1.82, 2.24) is 10.1 Å². The number of hydrogen-bond donors (Lipinski definition) is 1. The monoisotopic (exact) mass is 417 g/mol. The zero-order chi connectivity index (χ0) is 19.7. The van der Waals surface area contributed by atoms with Gasteiger partial charge in [0, 0.05) is 10.6 Å². The van der Waals surface area contributed by atoms with Gasteiger partial charge in [-0.2, -0.15) is 4.98 Å². The zero-order valence-corrected chi connectivity index (χ0v) is 15.5. The van der Waals surface area contributed by atoms with Crippen LogP contribution in [0.15, 0.2) is 58.4 Å². The summed E-state index contributed by atoms with van der Waals surface area (Å²) in [4.78, 5) is 17.2. The zero-order valence-electron chi connectivity index (χ0n) is 13.9. The Morgan fingerprint density at radius 3 is 2.68 bits per heavy atom. The minimum Gasteiger partial charge on any atom is -0.333 e. The molecule has 0 aliphatic heterocycles. The molecule has 2 aromatic carbocycles. The van der Waals surface area contributed by atoms with Gasteiger partial charge in [0.1, 0.15) is 16.5 Å². The van der Waals surface area contributed by atoms with E-state index in [9.17, 15) is 13.6 Å². The van der Waals surface area contributed by atoms with Gasteiger partial charge in [-0.15, -0.1) is 11.3 Å². The highest BCUT2D eigenvalue weighted by Crippen LogP contribution is 2.34. The van der Waals surface area contributed by atoms with Crippen molar-refractivity contribution in [2.24, 2.45) is 0 Å². The molecule has 4 aromatic rings.